The molecule has 1 heterocycles. The van der Waals surface area contributed by atoms with Gasteiger partial charge in [-0.25, -0.2) is 4.79 Å². The highest BCUT2D eigenvalue weighted by Crippen LogP contribution is 2.22. The first-order valence-electron chi connectivity index (χ1n) is 12.3. The van der Waals surface area contributed by atoms with Crippen LogP contribution in [0.3, 0.4) is 0 Å². The number of aliphatic hydroxyl groups is 1. The van der Waals surface area contributed by atoms with E-state index >= 15 is 0 Å². The predicted molar refractivity (Wildman–Crippen MR) is 153 cm³/mol. The summed E-state index contributed by atoms with van der Waals surface area (Å²) < 4.78 is 2.69. The summed E-state index contributed by atoms with van der Waals surface area (Å²) in [6.07, 6.45) is 3.69. The zero-order valence-corrected chi connectivity index (χ0v) is 22.3. The van der Waals surface area contributed by atoms with Crippen LogP contribution in [-0.4, -0.2) is 20.8 Å². The van der Waals surface area contributed by atoms with E-state index in [9.17, 15) is 14.7 Å². The third kappa shape index (κ3) is 6.34. The number of nitrogens with one attached hydrogen (secondary N) is 1. The minimum absolute atomic E-state index is 0.0105. The summed E-state index contributed by atoms with van der Waals surface area (Å²) in [4.78, 5) is 27.5. The Hall–Kier alpha value is -3.42. The second-order valence-corrected chi connectivity index (χ2v) is 9.77. The van der Waals surface area contributed by atoms with Gasteiger partial charge >= 0.3 is 5.69 Å². The van der Waals surface area contributed by atoms with E-state index in [0.717, 1.165) is 11.1 Å². The molecule has 4 aromatic rings. The molecule has 0 fully saturated rings. The van der Waals surface area contributed by atoms with Crippen LogP contribution in [0.2, 0.25) is 10.0 Å². The molecule has 2 atom stereocenters. The number of nitrogens with zero attached hydrogens (tertiary/aromatic N) is 2. The zero-order valence-electron chi connectivity index (χ0n) is 20.8. The van der Waals surface area contributed by atoms with E-state index in [0.29, 0.717) is 27.6 Å². The smallest absolute Gasteiger partial charge is 0.331 e. The molecule has 0 amide bonds. The van der Waals surface area contributed by atoms with E-state index < -0.39 is 23.3 Å². The van der Waals surface area contributed by atoms with Crippen molar-refractivity contribution in [3.05, 3.63) is 151 Å². The Morgan fingerprint density at radius 2 is 1.42 bits per heavy atom. The van der Waals surface area contributed by atoms with Crippen molar-refractivity contribution in [2.75, 3.05) is 6.61 Å². The maximum Gasteiger partial charge on any atom is 0.331 e. The second kappa shape index (κ2) is 12.9. The maximum atomic E-state index is 13.8. The molecule has 38 heavy (non-hydrogen) atoms. The van der Waals surface area contributed by atoms with Crippen molar-refractivity contribution < 1.29 is 5.11 Å². The summed E-state index contributed by atoms with van der Waals surface area (Å²) in [5.74, 6) is 0. The molecule has 1 unspecified atom stereocenters. The summed E-state index contributed by atoms with van der Waals surface area (Å²) in [5, 5.41) is 14.5. The van der Waals surface area contributed by atoms with Gasteiger partial charge < -0.3 is 10.4 Å². The molecule has 1 aromatic heterocycles. The van der Waals surface area contributed by atoms with Gasteiger partial charge in [-0.2, -0.15) is 0 Å². The van der Waals surface area contributed by atoms with Crippen molar-refractivity contribution in [2.45, 2.75) is 31.6 Å². The lowest BCUT2D eigenvalue weighted by atomic mass is 10.0. The summed E-state index contributed by atoms with van der Waals surface area (Å²) in [6, 6.07) is 22.9. The number of halogens is 2. The molecule has 0 saturated carbocycles. The largest absolute Gasteiger partial charge is 0.394 e. The van der Waals surface area contributed by atoms with Crippen LogP contribution in [0, 0.1) is 0 Å². The summed E-state index contributed by atoms with van der Waals surface area (Å²) in [7, 11) is 0. The first-order chi connectivity index (χ1) is 18.4. The van der Waals surface area contributed by atoms with Gasteiger partial charge in [0.25, 0.3) is 5.56 Å². The third-order valence-corrected chi connectivity index (χ3v) is 7.15. The zero-order chi connectivity index (χ0) is 27.1. The number of hydrogen-bond donors (Lipinski definition) is 2. The Bertz CT molecular complexity index is 1520. The van der Waals surface area contributed by atoms with Crippen molar-refractivity contribution >= 4 is 23.2 Å². The highest BCUT2D eigenvalue weighted by molar-refractivity contribution is 6.31. The van der Waals surface area contributed by atoms with E-state index in [4.69, 9.17) is 23.2 Å². The van der Waals surface area contributed by atoms with Crippen molar-refractivity contribution in [3.63, 3.8) is 0 Å². The van der Waals surface area contributed by atoms with Gasteiger partial charge in [0, 0.05) is 22.3 Å². The van der Waals surface area contributed by atoms with Gasteiger partial charge in [0.15, 0.2) is 0 Å². The van der Waals surface area contributed by atoms with Gasteiger partial charge in [-0.05, 0) is 35.2 Å². The molecular weight excluding hydrogens is 521 g/mol. The standard InChI is InChI=1S/C30H29Cl2N3O3/c1-2-10-27(33-28(20-36)21-11-4-3-5-12-21)24-19-34(17-22-13-6-8-15-25(22)31)30(38)35(29(24)37)18-23-14-7-9-16-26(23)32/h2-9,11-16,19,27-28,33,36H,1,10,17-18,20H2/t27?,28-/m1/s1. The van der Waals surface area contributed by atoms with Crippen molar-refractivity contribution in [1.29, 1.82) is 0 Å². The Balaban J connectivity index is 1.84. The molecule has 3 aromatic carbocycles. The van der Waals surface area contributed by atoms with Gasteiger partial charge in [0.2, 0.25) is 0 Å². The molecule has 6 nitrogen and oxygen atoms in total. The van der Waals surface area contributed by atoms with Crippen LogP contribution in [0.5, 0.6) is 0 Å². The molecule has 0 aliphatic rings. The first-order valence-corrected chi connectivity index (χ1v) is 13.0. The van der Waals surface area contributed by atoms with E-state index in [1.807, 2.05) is 54.6 Å². The fraction of sp³-hybridized carbons (Fsp3) is 0.200. The van der Waals surface area contributed by atoms with Gasteiger partial charge in [-0.1, -0.05) is 96.0 Å². The lowest BCUT2D eigenvalue weighted by Crippen LogP contribution is -2.44. The molecule has 0 saturated heterocycles. The van der Waals surface area contributed by atoms with Crippen molar-refractivity contribution in [1.82, 2.24) is 14.5 Å². The molecule has 0 bridgehead atoms. The van der Waals surface area contributed by atoms with E-state index in [1.54, 1.807) is 36.5 Å². The maximum absolute atomic E-state index is 13.8. The van der Waals surface area contributed by atoms with Crippen LogP contribution in [-0.2, 0) is 13.1 Å². The number of benzene rings is 3. The fourth-order valence-corrected chi connectivity index (χ4v) is 4.80. The van der Waals surface area contributed by atoms with Crippen LogP contribution in [0.4, 0.5) is 0 Å². The van der Waals surface area contributed by atoms with Crippen LogP contribution >= 0.6 is 23.2 Å². The molecule has 196 valence electrons. The van der Waals surface area contributed by atoms with Crippen LogP contribution < -0.4 is 16.6 Å². The molecule has 8 heteroatoms. The number of hydrogen-bond acceptors (Lipinski definition) is 4. The number of rotatable bonds is 11. The molecule has 0 spiro atoms. The second-order valence-electron chi connectivity index (χ2n) is 8.96. The highest BCUT2D eigenvalue weighted by Gasteiger charge is 2.23. The average molecular weight is 550 g/mol. The van der Waals surface area contributed by atoms with E-state index in [1.165, 1.54) is 9.13 Å². The first kappa shape index (κ1) is 27.6. The molecule has 0 radical (unpaired) electrons. The van der Waals surface area contributed by atoms with E-state index in [-0.39, 0.29) is 19.7 Å². The predicted octanol–water partition coefficient (Wildman–Crippen LogP) is 5.35. The van der Waals surface area contributed by atoms with Gasteiger partial charge in [0.1, 0.15) is 0 Å². The summed E-state index contributed by atoms with van der Waals surface area (Å²) in [5.41, 5.74) is 1.74. The molecule has 0 aliphatic heterocycles. The lowest BCUT2D eigenvalue weighted by molar-refractivity contribution is 0.232. The van der Waals surface area contributed by atoms with Crippen molar-refractivity contribution in [2.24, 2.45) is 0 Å². The summed E-state index contributed by atoms with van der Waals surface area (Å²) >= 11 is 12.8. The number of aliphatic hydroxyl groups excluding tert-OH is 1. The van der Waals surface area contributed by atoms with Crippen LogP contribution in [0.15, 0.2) is 107 Å². The quantitative estimate of drug-likeness (QED) is 0.247. The lowest BCUT2D eigenvalue weighted by Gasteiger charge is -2.25. The minimum Gasteiger partial charge on any atom is -0.394 e. The normalized spacial score (nSPS) is 12.7. The Morgan fingerprint density at radius 1 is 0.842 bits per heavy atom. The summed E-state index contributed by atoms with van der Waals surface area (Å²) in [6.45, 7) is 3.88. The molecule has 0 aliphatic carbocycles. The Morgan fingerprint density at radius 3 is 2.00 bits per heavy atom. The van der Waals surface area contributed by atoms with Crippen LogP contribution in [0.1, 0.15) is 40.8 Å². The SMILES string of the molecule is C=CCC(N[C@H](CO)c1ccccc1)c1cn(Cc2ccccc2Cl)c(=O)n(Cc2ccccc2Cl)c1=O. The van der Waals surface area contributed by atoms with Gasteiger partial charge in [-0.15, -0.1) is 6.58 Å². The molecule has 2 N–H and O–H groups in total. The minimum atomic E-state index is -0.520. The monoisotopic (exact) mass is 549 g/mol. The Labute approximate surface area is 231 Å². The average Bonchev–Trinajstić information content (AvgIpc) is 2.93. The molecule has 4 rings (SSSR count). The topological polar surface area (TPSA) is 76.3 Å². The van der Waals surface area contributed by atoms with Crippen molar-refractivity contribution in [3.8, 4) is 0 Å². The fourth-order valence-electron chi connectivity index (χ4n) is 4.41. The third-order valence-electron chi connectivity index (χ3n) is 6.41. The van der Waals surface area contributed by atoms with Gasteiger partial charge in [-0.3, -0.25) is 13.9 Å². The molecular formula is C30H29Cl2N3O3. The highest BCUT2D eigenvalue weighted by atomic mass is 35.5. The Kier molecular flexibility index (Phi) is 9.37. The number of aromatic nitrogens is 2. The van der Waals surface area contributed by atoms with Gasteiger partial charge in [0.05, 0.1) is 31.3 Å². The van der Waals surface area contributed by atoms with Crippen LogP contribution in [0.25, 0.3) is 0 Å². The van der Waals surface area contributed by atoms with E-state index in [2.05, 4.69) is 11.9 Å².